The topological polar surface area (TPSA) is 55.7 Å². The van der Waals surface area contributed by atoms with Crippen molar-refractivity contribution in [3.63, 3.8) is 0 Å². The number of nitrogens with zero attached hydrogens (tertiary/aromatic N) is 5. The van der Waals surface area contributed by atoms with E-state index in [4.69, 9.17) is 5.11 Å². The Morgan fingerprint density at radius 3 is 2.44 bits per heavy atom. The van der Waals surface area contributed by atoms with Gasteiger partial charge in [0.1, 0.15) is 11.6 Å². The number of piperidine rings is 1. The minimum atomic E-state index is 0.306. The summed E-state index contributed by atoms with van der Waals surface area (Å²) < 4.78 is 0. The maximum Gasteiger partial charge on any atom is 0.132 e. The fourth-order valence-electron chi connectivity index (χ4n) is 4.06. The second-order valence-electron chi connectivity index (χ2n) is 7.29. The van der Waals surface area contributed by atoms with Gasteiger partial charge in [0.15, 0.2) is 0 Å². The van der Waals surface area contributed by atoms with Gasteiger partial charge in [-0.3, -0.25) is 4.90 Å². The zero-order valence-electron chi connectivity index (χ0n) is 15.8. The molecule has 2 aliphatic heterocycles. The predicted octanol–water partition coefficient (Wildman–Crippen LogP) is 1.32. The summed E-state index contributed by atoms with van der Waals surface area (Å²) in [7, 11) is 0. The molecule has 0 spiro atoms. The Hall–Kier alpha value is -1.24. The van der Waals surface area contributed by atoms with Crippen LogP contribution in [0.25, 0.3) is 0 Å². The van der Waals surface area contributed by atoms with E-state index >= 15 is 0 Å². The SMILES string of the molecule is CCc1cc(N2CCC(N3CCN(CCCO)CC3)CC2)nc(C)n1. The zero-order valence-corrected chi connectivity index (χ0v) is 15.8. The van der Waals surface area contributed by atoms with Gasteiger partial charge in [0.05, 0.1) is 0 Å². The summed E-state index contributed by atoms with van der Waals surface area (Å²) in [5.41, 5.74) is 1.14. The third-order valence-electron chi connectivity index (χ3n) is 5.58. The fraction of sp³-hybridized carbons (Fsp3) is 0.789. The summed E-state index contributed by atoms with van der Waals surface area (Å²) >= 11 is 0. The molecule has 0 saturated carbocycles. The van der Waals surface area contributed by atoms with Gasteiger partial charge >= 0.3 is 0 Å². The molecule has 0 atom stereocenters. The van der Waals surface area contributed by atoms with Crippen molar-refractivity contribution in [3.8, 4) is 0 Å². The van der Waals surface area contributed by atoms with Gasteiger partial charge in [0.25, 0.3) is 0 Å². The van der Waals surface area contributed by atoms with Crippen molar-refractivity contribution >= 4 is 5.82 Å². The molecule has 2 saturated heterocycles. The van der Waals surface area contributed by atoms with Gasteiger partial charge in [-0.1, -0.05) is 6.92 Å². The maximum absolute atomic E-state index is 8.97. The van der Waals surface area contributed by atoms with E-state index < -0.39 is 0 Å². The molecule has 0 aliphatic carbocycles. The number of anilines is 1. The molecule has 0 amide bonds. The molecule has 6 heteroatoms. The second kappa shape index (κ2) is 8.92. The minimum absolute atomic E-state index is 0.306. The third-order valence-corrected chi connectivity index (χ3v) is 5.58. The smallest absolute Gasteiger partial charge is 0.132 e. The molecule has 0 unspecified atom stereocenters. The molecule has 6 nitrogen and oxygen atoms in total. The van der Waals surface area contributed by atoms with E-state index in [9.17, 15) is 0 Å². The highest BCUT2D eigenvalue weighted by Crippen LogP contribution is 2.23. The van der Waals surface area contributed by atoms with Gasteiger partial charge in [-0.15, -0.1) is 0 Å². The van der Waals surface area contributed by atoms with Crippen LogP contribution in [0, 0.1) is 6.92 Å². The molecule has 0 radical (unpaired) electrons. The number of aromatic nitrogens is 2. The molecule has 0 bridgehead atoms. The Morgan fingerprint density at radius 2 is 1.80 bits per heavy atom. The molecule has 2 fully saturated rings. The first-order valence-electron chi connectivity index (χ1n) is 9.86. The maximum atomic E-state index is 8.97. The van der Waals surface area contributed by atoms with Gasteiger partial charge in [0, 0.05) is 70.2 Å². The zero-order chi connectivity index (χ0) is 17.6. The lowest BCUT2D eigenvalue weighted by atomic mass is 10.0. The minimum Gasteiger partial charge on any atom is -0.396 e. The van der Waals surface area contributed by atoms with E-state index in [-0.39, 0.29) is 0 Å². The molecule has 3 rings (SSSR count). The van der Waals surface area contributed by atoms with E-state index in [1.54, 1.807) is 0 Å². The van der Waals surface area contributed by atoms with Gasteiger partial charge in [-0.25, -0.2) is 9.97 Å². The lowest BCUT2D eigenvalue weighted by Gasteiger charge is -2.43. The van der Waals surface area contributed by atoms with Crippen LogP contribution in [0.3, 0.4) is 0 Å². The summed E-state index contributed by atoms with van der Waals surface area (Å²) in [5, 5.41) is 8.97. The first kappa shape index (κ1) is 18.5. The number of piperazine rings is 1. The highest BCUT2D eigenvalue weighted by atomic mass is 16.3. The Morgan fingerprint density at radius 1 is 1.08 bits per heavy atom. The number of aliphatic hydroxyl groups is 1. The number of aliphatic hydroxyl groups excluding tert-OH is 1. The summed E-state index contributed by atoms with van der Waals surface area (Å²) in [4.78, 5) is 16.7. The van der Waals surface area contributed by atoms with Crippen LogP contribution in [0.2, 0.25) is 0 Å². The molecule has 1 aromatic rings. The quantitative estimate of drug-likeness (QED) is 0.838. The lowest BCUT2D eigenvalue weighted by Crippen LogP contribution is -2.53. The summed E-state index contributed by atoms with van der Waals surface area (Å²) in [6.07, 6.45) is 4.31. The van der Waals surface area contributed by atoms with Crippen molar-refractivity contribution in [2.75, 3.05) is 57.3 Å². The number of hydrogen-bond acceptors (Lipinski definition) is 6. The molecule has 3 heterocycles. The van der Waals surface area contributed by atoms with Crippen LogP contribution in [0.4, 0.5) is 5.82 Å². The average Bonchev–Trinajstić information content (AvgIpc) is 2.66. The normalized spacial score (nSPS) is 21.0. The molecular formula is C19H33N5O. The van der Waals surface area contributed by atoms with E-state index in [2.05, 4.69) is 37.7 Å². The molecule has 1 N–H and O–H groups in total. The molecule has 140 valence electrons. The van der Waals surface area contributed by atoms with Crippen molar-refractivity contribution in [1.29, 1.82) is 0 Å². The van der Waals surface area contributed by atoms with E-state index in [1.807, 2.05) is 6.92 Å². The molecule has 1 aromatic heterocycles. The highest BCUT2D eigenvalue weighted by molar-refractivity contribution is 5.40. The summed E-state index contributed by atoms with van der Waals surface area (Å²) in [5.74, 6) is 1.99. The first-order chi connectivity index (χ1) is 12.2. The van der Waals surface area contributed by atoms with Crippen LogP contribution in [0.15, 0.2) is 6.07 Å². The van der Waals surface area contributed by atoms with E-state index in [0.717, 1.165) is 62.9 Å². The van der Waals surface area contributed by atoms with E-state index in [1.165, 1.54) is 25.9 Å². The Kier molecular flexibility index (Phi) is 6.62. The van der Waals surface area contributed by atoms with Crippen LogP contribution in [-0.4, -0.2) is 83.3 Å². The Labute approximate surface area is 151 Å². The van der Waals surface area contributed by atoms with Crippen LogP contribution in [0.1, 0.15) is 37.7 Å². The van der Waals surface area contributed by atoms with Gasteiger partial charge in [-0.05, 0) is 32.6 Å². The van der Waals surface area contributed by atoms with Crippen molar-refractivity contribution in [1.82, 2.24) is 19.8 Å². The fourth-order valence-corrected chi connectivity index (χ4v) is 4.06. The summed E-state index contributed by atoms with van der Waals surface area (Å²) in [6, 6.07) is 2.87. The molecule has 2 aliphatic rings. The number of aryl methyl sites for hydroxylation is 2. The first-order valence-corrected chi connectivity index (χ1v) is 9.86. The van der Waals surface area contributed by atoms with Crippen molar-refractivity contribution in [3.05, 3.63) is 17.6 Å². The van der Waals surface area contributed by atoms with Crippen molar-refractivity contribution in [2.24, 2.45) is 0 Å². The number of rotatable bonds is 6. The molecule has 25 heavy (non-hydrogen) atoms. The van der Waals surface area contributed by atoms with Crippen LogP contribution < -0.4 is 4.90 Å². The average molecular weight is 348 g/mol. The lowest BCUT2D eigenvalue weighted by molar-refractivity contribution is 0.0811. The van der Waals surface area contributed by atoms with Crippen LogP contribution >= 0.6 is 0 Å². The van der Waals surface area contributed by atoms with Gasteiger partial charge in [0.2, 0.25) is 0 Å². The molecular weight excluding hydrogens is 314 g/mol. The van der Waals surface area contributed by atoms with Gasteiger partial charge < -0.3 is 14.9 Å². The van der Waals surface area contributed by atoms with Crippen molar-refractivity contribution in [2.45, 2.75) is 45.6 Å². The van der Waals surface area contributed by atoms with E-state index in [0.29, 0.717) is 12.6 Å². The Bertz CT molecular complexity index is 537. The van der Waals surface area contributed by atoms with Crippen LogP contribution in [0.5, 0.6) is 0 Å². The molecule has 0 aromatic carbocycles. The standard InChI is InChI=1S/C19H33N5O/c1-3-17-15-19(21-16(2)20-17)24-8-5-18(6-9-24)23-12-10-22(11-13-23)7-4-14-25/h15,18,25H,3-14H2,1-2H3. The Balaban J connectivity index is 1.48. The monoisotopic (exact) mass is 347 g/mol. The predicted molar refractivity (Wildman–Crippen MR) is 101 cm³/mol. The summed E-state index contributed by atoms with van der Waals surface area (Å²) in [6.45, 7) is 12.3. The van der Waals surface area contributed by atoms with Crippen LogP contribution in [-0.2, 0) is 6.42 Å². The van der Waals surface area contributed by atoms with Crippen molar-refractivity contribution < 1.29 is 5.11 Å². The third kappa shape index (κ3) is 4.90. The highest BCUT2D eigenvalue weighted by Gasteiger charge is 2.27. The number of hydrogen-bond donors (Lipinski definition) is 1. The van der Waals surface area contributed by atoms with Gasteiger partial charge in [-0.2, -0.15) is 0 Å². The largest absolute Gasteiger partial charge is 0.396 e. The second-order valence-corrected chi connectivity index (χ2v) is 7.29.